The van der Waals surface area contributed by atoms with Crippen LogP contribution in [0.1, 0.15) is 102 Å². The molecule has 15 heteroatoms. The highest BCUT2D eigenvalue weighted by molar-refractivity contribution is 7.94. The van der Waals surface area contributed by atoms with Gasteiger partial charge in [-0.25, -0.2) is 5.26 Å². The summed E-state index contributed by atoms with van der Waals surface area (Å²) in [5, 5.41) is 31.2. The maximum Gasteiger partial charge on any atom is 0.303 e. The van der Waals surface area contributed by atoms with Crippen LogP contribution in [0.25, 0.3) is 0 Å². The van der Waals surface area contributed by atoms with Crippen LogP contribution in [-0.4, -0.2) is 76.0 Å². The summed E-state index contributed by atoms with van der Waals surface area (Å²) < 4.78 is 49.0. The van der Waals surface area contributed by atoms with E-state index in [2.05, 4.69) is 46.6 Å². The van der Waals surface area contributed by atoms with Crippen LogP contribution in [0.4, 0.5) is 11.4 Å². The molecule has 2 aromatic carbocycles. The molecule has 0 fully saturated rings. The lowest BCUT2D eigenvalue weighted by Gasteiger charge is -2.43. The molecule has 5 aliphatic rings. The number of aliphatic carboxylic acids is 2. The summed E-state index contributed by atoms with van der Waals surface area (Å²) in [7, 11) is -4.46. The van der Waals surface area contributed by atoms with E-state index in [-0.39, 0.29) is 29.9 Å². The van der Waals surface area contributed by atoms with Gasteiger partial charge >= 0.3 is 11.9 Å². The van der Waals surface area contributed by atoms with Crippen molar-refractivity contribution in [2.75, 3.05) is 18.0 Å². The Morgan fingerprint density at radius 3 is 2.30 bits per heavy atom. The van der Waals surface area contributed by atoms with Gasteiger partial charge < -0.3 is 19.8 Å². The predicted octanol–water partition coefficient (Wildman–Crippen LogP) is 7.32. The summed E-state index contributed by atoms with van der Waals surface area (Å²) in [6.45, 7) is 5.79. The van der Waals surface area contributed by atoms with Crippen molar-refractivity contribution < 1.29 is 56.7 Å². The van der Waals surface area contributed by atoms with Crippen molar-refractivity contribution in [1.29, 1.82) is 0 Å². The van der Waals surface area contributed by atoms with Gasteiger partial charge in [0.25, 0.3) is 10.1 Å². The van der Waals surface area contributed by atoms with Gasteiger partial charge in [0.2, 0.25) is 5.69 Å². The Labute approximate surface area is 319 Å². The summed E-state index contributed by atoms with van der Waals surface area (Å²) >= 11 is 0.911. The second-order valence-electron chi connectivity index (χ2n) is 15.4. The standard InChI is InChI=1S/C39H46N2O11S2/c1-38(17-7-3-5-9-34(42)43)28-21-24(53-52-51-46)11-13-30(28)40-19-15-32-26(36(38)40)23-27-33(50-32)16-20-41-31-14-12-25(54(47,48)49)22-29(31)39(2,37(27)41)18-8-4-6-10-35(44)45/h11-14,21-23,32-33H,3-10,15-20H2,1-2H3,(H3-,42,43,44,45,46,47,48,49)/p+1. The quantitative estimate of drug-likeness (QED) is 0.0332. The maximum atomic E-state index is 12.4. The molecule has 290 valence electrons. The molecule has 4 unspecified atom stereocenters. The van der Waals surface area contributed by atoms with Gasteiger partial charge in [-0.3, -0.25) is 14.1 Å². The van der Waals surface area contributed by atoms with Crippen molar-refractivity contribution in [3.8, 4) is 0 Å². The Morgan fingerprint density at radius 2 is 1.63 bits per heavy atom. The van der Waals surface area contributed by atoms with Gasteiger partial charge in [-0.05, 0) is 87.9 Å². The number of allylic oxidation sites excluding steroid dienone is 1. The molecule has 0 spiro atoms. The first-order valence-corrected chi connectivity index (χ1v) is 20.8. The van der Waals surface area contributed by atoms with Crippen molar-refractivity contribution in [2.24, 2.45) is 0 Å². The third-order valence-electron chi connectivity index (χ3n) is 12.0. The fourth-order valence-electron chi connectivity index (χ4n) is 9.61. The fourth-order valence-corrected chi connectivity index (χ4v) is 10.5. The largest absolute Gasteiger partial charge is 0.481 e. The Morgan fingerprint density at radius 1 is 0.926 bits per heavy atom. The molecular formula is C39H47N2O11S2+. The van der Waals surface area contributed by atoms with E-state index >= 15 is 0 Å². The Hall–Kier alpha value is -3.57. The smallest absolute Gasteiger partial charge is 0.303 e. The average molecular weight is 784 g/mol. The topological polar surface area (TPSA) is 183 Å². The van der Waals surface area contributed by atoms with Crippen LogP contribution in [0.15, 0.2) is 69.1 Å². The van der Waals surface area contributed by atoms with Crippen LogP contribution < -0.4 is 4.90 Å². The van der Waals surface area contributed by atoms with Gasteiger partial charge in [-0.2, -0.15) is 13.0 Å². The highest BCUT2D eigenvalue weighted by atomic mass is 32.2. The third kappa shape index (κ3) is 7.04. The number of benzene rings is 2. The van der Waals surface area contributed by atoms with Crippen LogP contribution in [0, 0.1) is 0 Å². The average Bonchev–Trinajstić information content (AvgIpc) is 3.53. The van der Waals surface area contributed by atoms with Crippen molar-refractivity contribution in [3.05, 3.63) is 70.4 Å². The molecule has 0 amide bonds. The molecule has 4 atom stereocenters. The Kier molecular flexibility index (Phi) is 10.9. The minimum Gasteiger partial charge on any atom is -0.481 e. The molecule has 13 nitrogen and oxygen atoms in total. The number of ether oxygens (including phenoxy) is 1. The van der Waals surface area contributed by atoms with Gasteiger partial charge in [-0.1, -0.05) is 30.7 Å². The zero-order valence-electron chi connectivity index (χ0n) is 30.5. The number of hydrogen-bond acceptors (Lipinski definition) is 10. The number of hydrogen-bond donors (Lipinski definition) is 4. The molecule has 7 rings (SSSR count). The highest BCUT2D eigenvalue weighted by Gasteiger charge is 2.56. The monoisotopic (exact) mass is 783 g/mol. The first-order chi connectivity index (χ1) is 25.8. The van der Waals surface area contributed by atoms with Crippen LogP contribution in [-0.2, 0) is 44.6 Å². The van der Waals surface area contributed by atoms with E-state index in [0.717, 1.165) is 107 Å². The van der Waals surface area contributed by atoms with E-state index in [9.17, 15) is 32.8 Å². The van der Waals surface area contributed by atoms with E-state index in [0.29, 0.717) is 32.2 Å². The SMILES string of the molecule is CC1(CCCCCC(=O)O)C2=C3C=C4C5=[N+](CCC4OC3CCN2c2ccc(S(=O)(=O)O)cc21)c1ccc(SOOO)cc1C5(C)CCCCCC(=O)O. The van der Waals surface area contributed by atoms with Crippen molar-refractivity contribution in [2.45, 2.75) is 124 Å². The Balaban J connectivity index is 1.34. The minimum absolute atomic E-state index is 0.0852. The first-order valence-electron chi connectivity index (χ1n) is 18.7. The van der Waals surface area contributed by atoms with Crippen LogP contribution in [0.5, 0.6) is 0 Å². The van der Waals surface area contributed by atoms with E-state index in [1.54, 1.807) is 12.1 Å². The van der Waals surface area contributed by atoms with Gasteiger partial charge in [0.05, 0.1) is 34.6 Å². The number of carboxylic acid groups (broad SMARTS) is 2. The summed E-state index contributed by atoms with van der Waals surface area (Å²) in [5.41, 5.74) is 7.12. The number of anilines is 1. The molecule has 0 aliphatic carbocycles. The van der Waals surface area contributed by atoms with Crippen LogP contribution in [0.2, 0.25) is 0 Å². The molecule has 2 aromatic rings. The third-order valence-corrected chi connectivity index (χ3v) is 13.4. The van der Waals surface area contributed by atoms with Gasteiger partial charge in [0, 0.05) is 70.3 Å². The van der Waals surface area contributed by atoms with Crippen LogP contribution >= 0.6 is 12.0 Å². The maximum absolute atomic E-state index is 12.4. The van der Waals surface area contributed by atoms with Gasteiger partial charge in [0.1, 0.15) is 0 Å². The zero-order chi connectivity index (χ0) is 38.4. The molecular weight excluding hydrogens is 737 g/mol. The lowest BCUT2D eigenvalue weighted by Crippen LogP contribution is -2.48. The van der Waals surface area contributed by atoms with Gasteiger partial charge in [-0.15, -0.1) is 4.33 Å². The predicted molar refractivity (Wildman–Crippen MR) is 200 cm³/mol. The number of fused-ring (bicyclic) bond motifs is 8. The highest BCUT2D eigenvalue weighted by Crippen LogP contribution is 2.57. The molecule has 0 aromatic heterocycles. The molecule has 0 saturated heterocycles. The molecule has 4 N–H and O–H groups in total. The number of rotatable bonds is 16. The first kappa shape index (κ1) is 38.7. The molecule has 5 heterocycles. The summed E-state index contributed by atoms with van der Waals surface area (Å²) in [6.07, 6.45) is 9.25. The molecule has 0 radical (unpaired) electrons. The van der Waals surface area contributed by atoms with Crippen molar-refractivity contribution in [1.82, 2.24) is 0 Å². The number of carboxylic acids is 2. The molecule has 0 bridgehead atoms. The van der Waals surface area contributed by atoms with E-state index in [4.69, 9.17) is 14.3 Å². The summed E-state index contributed by atoms with van der Waals surface area (Å²) in [6, 6.07) is 10.9. The molecule has 54 heavy (non-hydrogen) atoms. The van der Waals surface area contributed by atoms with Crippen molar-refractivity contribution >= 4 is 51.2 Å². The lowest BCUT2D eigenvalue weighted by atomic mass is 9.70. The van der Waals surface area contributed by atoms with Crippen molar-refractivity contribution in [3.63, 3.8) is 0 Å². The number of nitrogens with zero attached hydrogens (tertiary/aromatic N) is 2. The molecule has 5 aliphatic heterocycles. The summed E-state index contributed by atoms with van der Waals surface area (Å²) in [5.74, 6) is -1.64. The number of unbranched alkanes of at least 4 members (excludes halogenated alkanes) is 4. The number of carbonyl (C=O) groups is 2. The normalized spacial score (nSPS) is 25.4. The zero-order valence-corrected chi connectivity index (χ0v) is 32.1. The van der Waals surface area contributed by atoms with E-state index in [1.807, 2.05) is 6.07 Å². The fraction of sp³-hybridized carbons (Fsp3) is 0.513. The second-order valence-corrected chi connectivity index (χ2v) is 17.6. The lowest BCUT2D eigenvalue weighted by molar-refractivity contribution is -0.445. The van der Waals surface area contributed by atoms with Gasteiger partial charge in [0.15, 0.2) is 12.3 Å². The molecule has 0 saturated carbocycles. The minimum atomic E-state index is -4.46. The van der Waals surface area contributed by atoms with Crippen LogP contribution in [0.3, 0.4) is 0 Å². The Bertz CT molecular complexity index is 2060. The summed E-state index contributed by atoms with van der Waals surface area (Å²) in [4.78, 5) is 25.4. The second kappa shape index (κ2) is 15.2. The van der Waals surface area contributed by atoms with E-state index < -0.39 is 32.9 Å². The van der Waals surface area contributed by atoms with E-state index in [1.165, 1.54) is 6.07 Å².